The Labute approximate surface area is 121 Å². The zero-order valence-electron chi connectivity index (χ0n) is 11.8. The second kappa shape index (κ2) is 3.91. The van der Waals surface area contributed by atoms with E-state index >= 15 is 0 Å². The predicted molar refractivity (Wildman–Crippen MR) is 79.8 cm³/mol. The van der Waals surface area contributed by atoms with Gasteiger partial charge in [-0.2, -0.15) is 5.10 Å². The molecule has 2 aromatic rings. The molecule has 0 fully saturated rings. The molecule has 21 heavy (non-hydrogen) atoms. The minimum atomic E-state index is -0.503. The minimum Gasteiger partial charge on any atom is -0.342 e. The number of aromatic amines is 1. The van der Waals surface area contributed by atoms with Gasteiger partial charge in [-0.1, -0.05) is 6.07 Å². The second-order valence-corrected chi connectivity index (χ2v) is 5.84. The number of nitrogens with one attached hydrogen (secondary N) is 2. The van der Waals surface area contributed by atoms with Crippen LogP contribution in [0.5, 0.6) is 0 Å². The van der Waals surface area contributed by atoms with Gasteiger partial charge in [-0.05, 0) is 43.2 Å². The highest BCUT2D eigenvalue weighted by Crippen LogP contribution is 2.42. The summed E-state index contributed by atoms with van der Waals surface area (Å²) in [5, 5.41) is 11.0. The number of nitrogens with zero attached hydrogens (tertiary/aromatic N) is 2. The van der Waals surface area contributed by atoms with Gasteiger partial charge in [0.25, 0.3) is 5.91 Å². The number of hydrogen-bond donors (Lipinski definition) is 2. The van der Waals surface area contributed by atoms with Crippen molar-refractivity contribution in [3.63, 3.8) is 0 Å². The molecule has 0 spiro atoms. The number of benzene rings is 1. The number of aromatic nitrogens is 3. The first-order valence-corrected chi connectivity index (χ1v) is 6.82. The lowest BCUT2D eigenvalue weighted by atomic mass is 9.96. The maximum absolute atomic E-state index is 12.5. The van der Waals surface area contributed by atoms with Crippen LogP contribution in [-0.4, -0.2) is 21.1 Å². The third-order valence-corrected chi connectivity index (χ3v) is 3.92. The molecule has 0 aliphatic heterocycles. The molecule has 0 saturated heterocycles. The molecule has 2 N–H and O–H groups in total. The van der Waals surface area contributed by atoms with E-state index in [2.05, 4.69) is 26.6 Å². The normalized spacial score (nSPS) is 12.5. The van der Waals surface area contributed by atoms with Gasteiger partial charge in [-0.3, -0.25) is 14.9 Å². The molecule has 0 radical (unpaired) electrons. The number of H-pyrrole nitrogens is 1. The lowest BCUT2D eigenvalue weighted by molar-refractivity contribution is 0.0908. The molecule has 2 aromatic heterocycles. The average Bonchev–Trinajstić information content (AvgIpc) is 2.94. The van der Waals surface area contributed by atoms with E-state index in [9.17, 15) is 4.79 Å². The highest BCUT2D eigenvalue weighted by molar-refractivity contribution is 6.15. The number of carbonyl (C=O) groups is 1. The van der Waals surface area contributed by atoms with Crippen LogP contribution in [0.2, 0.25) is 0 Å². The lowest BCUT2D eigenvalue weighted by Crippen LogP contribution is -2.41. The number of pyridine rings is 1. The number of rotatable bonds is 3. The second-order valence-electron chi connectivity index (χ2n) is 5.84. The van der Waals surface area contributed by atoms with Crippen LogP contribution in [0.3, 0.4) is 0 Å². The Morgan fingerprint density at radius 3 is 2.95 bits per heavy atom. The molecule has 2 aliphatic carbocycles. The van der Waals surface area contributed by atoms with Gasteiger partial charge < -0.3 is 5.32 Å². The highest BCUT2D eigenvalue weighted by atomic mass is 16.2. The fraction of sp³-hybridized carbons (Fsp3) is 0.188. The molecule has 0 unspecified atom stereocenters. The predicted octanol–water partition coefficient (Wildman–Crippen LogP) is 2.60. The van der Waals surface area contributed by atoms with Crippen LogP contribution in [-0.2, 0) is 5.54 Å². The first kappa shape index (κ1) is 12.1. The van der Waals surface area contributed by atoms with Gasteiger partial charge in [0.2, 0.25) is 0 Å². The number of hydrogen-bond acceptors (Lipinski definition) is 3. The molecule has 104 valence electrons. The Balaban J connectivity index is 1.64. The summed E-state index contributed by atoms with van der Waals surface area (Å²) < 4.78 is 0. The molecule has 0 aromatic carbocycles. The van der Waals surface area contributed by atoms with Gasteiger partial charge in [0, 0.05) is 23.3 Å². The third kappa shape index (κ3) is 1.81. The van der Waals surface area contributed by atoms with Crippen LogP contribution in [0, 0.1) is 0 Å². The highest BCUT2D eigenvalue weighted by Gasteiger charge is 2.28. The van der Waals surface area contributed by atoms with Gasteiger partial charge in [0.15, 0.2) is 0 Å². The van der Waals surface area contributed by atoms with Crippen molar-refractivity contribution >= 4 is 16.8 Å². The maximum Gasteiger partial charge on any atom is 0.270 e. The van der Waals surface area contributed by atoms with Crippen molar-refractivity contribution < 1.29 is 4.79 Å². The molecule has 5 nitrogen and oxygen atoms in total. The van der Waals surface area contributed by atoms with Gasteiger partial charge in [0.1, 0.15) is 11.2 Å². The number of amides is 1. The summed E-state index contributed by atoms with van der Waals surface area (Å²) in [4.78, 5) is 16.6. The maximum atomic E-state index is 12.5. The minimum absolute atomic E-state index is 0.156. The molecule has 4 rings (SSSR count). The smallest absolute Gasteiger partial charge is 0.270 e. The largest absolute Gasteiger partial charge is 0.342 e. The van der Waals surface area contributed by atoms with Crippen molar-refractivity contribution in [3.8, 4) is 11.1 Å². The summed E-state index contributed by atoms with van der Waals surface area (Å²) >= 11 is 0. The van der Waals surface area contributed by atoms with E-state index in [1.165, 1.54) is 5.56 Å². The average molecular weight is 278 g/mol. The van der Waals surface area contributed by atoms with E-state index in [-0.39, 0.29) is 5.91 Å². The standard InChI is InChI=1S/C16H14N4O/c1-16(2,10-4-3-5-17-8-10)18-15(21)14-12-7-9-6-11(9)13(12)19-20-14/h3-8H,1-2H3,(H,18,21)(H,19,20). The fourth-order valence-electron chi connectivity index (χ4n) is 2.62. The molecule has 2 aliphatic rings. The first-order valence-electron chi connectivity index (χ1n) is 6.82. The van der Waals surface area contributed by atoms with Gasteiger partial charge >= 0.3 is 0 Å². The van der Waals surface area contributed by atoms with E-state index in [1.807, 2.05) is 32.0 Å². The molecule has 2 heterocycles. The van der Waals surface area contributed by atoms with Crippen molar-refractivity contribution in [3.05, 3.63) is 47.9 Å². The van der Waals surface area contributed by atoms with Gasteiger partial charge in [0.05, 0.1) is 5.54 Å². The van der Waals surface area contributed by atoms with Crippen molar-refractivity contribution in [1.29, 1.82) is 0 Å². The van der Waals surface area contributed by atoms with Gasteiger partial charge in [-0.25, -0.2) is 0 Å². The fourth-order valence-corrected chi connectivity index (χ4v) is 2.62. The van der Waals surface area contributed by atoms with Crippen molar-refractivity contribution in [2.24, 2.45) is 0 Å². The Hall–Kier alpha value is -2.69. The van der Waals surface area contributed by atoms with Crippen LogP contribution in [0.25, 0.3) is 22.0 Å². The number of carbonyl (C=O) groups excluding carboxylic acids is 1. The molecule has 0 atom stereocenters. The summed E-state index contributed by atoms with van der Waals surface area (Å²) in [6.07, 6.45) is 3.48. The van der Waals surface area contributed by atoms with E-state index in [4.69, 9.17) is 0 Å². The van der Waals surface area contributed by atoms with E-state index in [0.717, 1.165) is 22.0 Å². The van der Waals surface area contributed by atoms with Crippen LogP contribution in [0.15, 0.2) is 36.7 Å². The van der Waals surface area contributed by atoms with Crippen molar-refractivity contribution in [2.75, 3.05) is 0 Å². The van der Waals surface area contributed by atoms with E-state index < -0.39 is 5.54 Å². The van der Waals surface area contributed by atoms with Gasteiger partial charge in [-0.15, -0.1) is 0 Å². The zero-order valence-corrected chi connectivity index (χ0v) is 11.8. The summed E-state index contributed by atoms with van der Waals surface area (Å²) in [5.41, 5.74) is 4.18. The Morgan fingerprint density at radius 1 is 1.33 bits per heavy atom. The Morgan fingerprint density at radius 2 is 2.19 bits per heavy atom. The quantitative estimate of drug-likeness (QED) is 0.605. The van der Waals surface area contributed by atoms with Crippen LogP contribution >= 0.6 is 0 Å². The lowest BCUT2D eigenvalue weighted by Gasteiger charge is -2.26. The summed E-state index contributed by atoms with van der Waals surface area (Å²) in [6.45, 7) is 3.91. The van der Waals surface area contributed by atoms with Crippen LogP contribution in [0.1, 0.15) is 29.9 Å². The van der Waals surface area contributed by atoms with E-state index in [0.29, 0.717) is 5.69 Å². The Kier molecular flexibility index (Phi) is 2.25. The SMILES string of the molecule is CC(C)(NC(=O)c1[nH]nc2c3cc-3cc12)c1cccnc1. The zero-order chi connectivity index (χ0) is 14.6. The molecule has 5 heteroatoms. The van der Waals surface area contributed by atoms with Crippen LogP contribution in [0.4, 0.5) is 0 Å². The number of fused-ring (bicyclic) bond motifs is 3. The Bertz CT molecular complexity index is 865. The molecular weight excluding hydrogens is 264 g/mol. The first-order chi connectivity index (χ1) is 10.1. The molecule has 1 amide bonds. The monoisotopic (exact) mass is 278 g/mol. The van der Waals surface area contributed by atoms with Crippen molar-refractivity contribution in [2.45, 2.75) is 19.4 Å². The summed E-state index contributed by atoms with van der Waals surface area (Å²) in [6, 6.07) is 7.87. The van der Waals surface area contributed by atoms with Crippen LogP contribution < -0.4 is 5.32 Å². The molecule has 0 bridgehead atoms. The topological polar surface area (TPSA) is 70.7 Å². The van der Waals surface area contributed by atoms with E-state index in [1.54, 1.807) is 12.4 Å². The molecular formula is C16H14N4O. The third-order valence-electron chi connectivity index (χ3n) is 3.92. The van der Waals surface area contributed by atoms with Crippen molar-refractivity contribution in [1.82, 2.24) is 20.5 Å². The molecule has 0 saturated carbocycles. The summed E-state index contributed by atoms with van der Waals surface area (Å²) in [7, 11) is 0. The summed E-state index contributed by atoms with van der Waals surface area (Å²) in [5.74, 6) is -0.156.